The lowest BCUT2D eigenvalue weighted by molar-refractivity contribution is -0.334. The van der Waals surface area contributed by atoms with Crippen LogP contribution in [-0.4, -0.2) is 252 Å². The summed E-state index contributed by atoms with van der Waals surface area (Å²) in [5.74, 6) is -18.3. The predicted molar refractivity (Wildman–Crippen MR) is 459 cm³/mol. The van der Waals surface area contributed by atoms with E-state index in [4.69, 9.17) is 78.5 Å². The molecule has 21 N–H and O–H groups in total. The molecule has 9 heterocycles. The van der Waals surface area contributed by atoms with Gasteiger partial charge in [-0.15, -0.1) is 0 Å². The molecule has 6 aromatic carbocycles. The highest BCUT2D eigenvalue weighted by Gasteiger charge is 2.53. The van der Waals surface area contributed by atoms with Crippen LogP contribution < -0.4 is 79.0 Å². The van der Waals surface area contributed by atoms with Gasteiger partial charge in [0.15, 0.2) is 30.5 Å². The van der Waals surface area contributed by atoms with E-state index in [1.54, 1.807) is 20.8 Å². The Hall–Kier alpha value is -12.0. The third-order valence-corrected chi connectivity index (χ3v) is 23.8. The summed E-state index contributed by atoms with van der Waals surface area (Å²) >= 11 is 20.2. The fourth-order valence-electron chi connectivity index (χ4n) is 15.9. The number of rotatable bonds is 23. The number of amides is 10. The number of aliphatic hydroxyl groups excluding tert-OH is 6. The smallest absolute Gasteiger partial charge is 0.349 e. The van der Waals surface area contributed by atoms with Gasteiger partial charge in [0, 0.05) is 61.5 Å². The molecule has 0 radical (unpaired) electrons. The average Bonchev–Trinajstić information content (AvgIpc) is 0.760. The number of ether oxygens (including phenoxy) is 7. The Bertz CT molecular complexity index is 5640. The number of likely N-dealkylation sites (N-methyl/N-ethyl adjacent to an activating group) is 1. The maximum atomic E-state index is 16.4. The molecule has 132 heavy (non-hydrogen) atoms. The second-order valence-corrected chi connectivity index (χ2v) is 33.9. The topological polar surface area (TPSA) is 611 Å². The van der Waals surface area contributed by atoms with Gasteiger partial charge in [-0.25, -0.2) is 14.7 Å². The first-order valence-corrected chi connectivity index (χ1v) is 42.7. The lowest BCUT2D eigenvalue weighted by Gasteiger charge is -2.48. The number of primary amides is 1. The van der Waals surface area contributed by atoms with Gasteiger partial charge in [0.05, 0.1) is 66.0 Å². The summed E-state index contributed by atoms with van der Waals surface area (Å²) in [6.45, 7) is 5.36. The molecule has 0 aliphatic carbocycles. The molecule has 16 unspecified atom stereocenters. The second-order valence-electron chi connectivity index (χ2n) is 32.7. The summed E-state index contributed by atoms with van der Waals surface area (Å²) in [4.78, 5) is 171. The molecule has 11 bridgehead atoms. The van der Waals surface area contributed by atoms with Crippen molar-refractivity contribution < 1.29 is 136 Å². The summed E-state index contributed by atoms with van der Waals surface area (Å²) in [5, 5.41) is 130. The van der Waals surface area contributed by atoms with Crippen molar-refractivity contribution in [1.82, 2.24) is 62.5 Å². The number of morpholine rings is 1. The minimum absolute atomic E-state index is 0.0725. The highest BCUT2D eigenvalue weighted by Crippen LogP contribution is 2.50. The summed E-state index contributed by atoms with van der Waals surface area (Å²) in [6, 6.07) is 4.03. The number of fused-ring (bicyclic) bond motifs is 15. The number of halogens is 4. The predicted octanol–water partition coefficient (Wildman–Crippen LogP) is 0.790. The van der Waals surface area contributed by atoms with Crippen LogP contribution in [0.4, 0.5) is 10.2 Å². The Morgan fingerprint density at radius 2 is 1.38 bits per heavy atom. The molecule has 3 saturated heterocycles. The molecule has 42 nitrogen and oxygen atoms in total. The normalized spacial score (nSPS) is 25.9. The Kier molecular flexibility index (Phi) is 30.9. The van der Waals surface area contributed by atoms with Gasteiger partial charge in [-0.3, -0.25) is 57.4 Å². The molecule has 1 aromatic heterocycles. The number of nitrogens with one attached hydrogen (secondary N) is 10. The zero-order valence-corrected chi connectivity index (χ0v) is 73.3. The van der Waals surface area contributed by atoms with Crippen LogP contribution in [0.15, 0.2) is 114 Å². The Balaban J connectivity index is 0.935. The van der Waals surface area contributed by atoms with Gasteiger partial charge in [-0.1, -0.05) is 72.9 Å². The number of carbonyl (C=O) groups is 10. The van der Waals surface area contributed by atoms with Gasteiger partial charge in [0.1, 0.15) is 107 Å². The molecule has 8 aliphatic rings. The first kappa shape index (κ1) is 97.5. The quantitative estimate of drug-likeness (QED) is 0.0394. The molecule has 3 fully saturated rings. The molecular weight excluding hydrogens is 1800 g/mol. The van der Waals surface area contributed by atoms with Crippen molar-refractivity contribution in [2.45, 2.75) is 169 Å². The first-order valence-electron chi connectivity index (χ1n) is 41.5. The van der Waals surface area contributed by atoms with Crippen LogP contribution in [0.5, 0.6) is 46.0 Å². The molecule has 46 heteroatoms. The standard InChI is InChI=1S/C86H96Cl3FN14O28/c1-36(2)22-50(92-5)77(117)100-68-70(112)40-8-12-54(47(88)26-40)128-56-28-42-29-57(74(56)132-84-75(73(115)72(114)58(34-105)130-84)131-63-33-86(4,76(116)37(3)127-63)93-15-17-104-16-14-60(96-85(104)124)95-61(110)24-38-6-10-46(87)49(90)23-38)129-55-13-9-41(27-48(55)89)71(113)69-82(122)99-67(83(123)102-126-35-62(111)103-18-20-125-21-19-103)45-30-43(106)31-53(108)64(45)44-25-39(7-11-52(44)107)65(79(119)101-69)98-80(120)66(42)97-78(118)51(32-59(91)109)94-81(68)121/h6-14,16,23,25-31,36-37,50-51,58,63,65-73,75-76,84,92-93,105-108,112-116H,15,17-22,24,32-35H2,1-5H3,(H2,91,109)(H,94,121)(H,97,118)(H,98,120)(H,99,122)(H,100,117)(H,101,119)(H,102,123)(H,95,96,110,124)/t37?,50?,51?,58?,63?,65?,66?,67-,68?,69?,70?,71?,72?,73?,75?,76?,84?,86-/m1/s1. The fraction of sp³-hybridized carbons (Fsp3) is 0.419. The molecule has 18 atom stereocenters. The maximum absolute atomic E-state index is 16.4. The van der Waals surface area contributed by atoms with Crippen molar-refractivity contribution in [2.75, 3.05) is 58.4 Å². The molecule has 0 spiro atoms. The van der Waals surface area contributed by atoms with Crippen LogP contribution in [-0.2, 0) is 84.7 Å². The molecule has 706 valence electrons. The molecule has 10 amide bonds. The van der Waals surface area contributed by atoms with Crippen LogP contribution in [0.3, 0.4) is 0 Å². The van der Waals surface area contributed by atoms with Gasteiger partial charge in [0.2, 0.25) is 59.3 Å². The summed E-state index contributed by atoms with van der Waals surface area (Å²) in [6.07, 6.45) is -18.8. The Morgan fingerprint density at radius 1 is 0.720 bits per heavy atom. The van der Waals surface area contributed by atoms with Crippen molar-refractivity contribution in [3.05, 3.63) is 174 Å². The Labute approximate surface area is 765 Å². The number of anilines is 1. The number of nitrogens with two attached hydrogens (primary N) is 1. The zero-order chi connectivity index (χ0) is 95.2. The van der Waals surface area contributed by atoms with Gasteiger partial charge < -0.3 is 138 Å². The number of carbonyl (C=O) groups excluding carboxylic acids is 10. The van der Waals surface area contributed by atoms with E-state index >= 15 is 24.0 Å². The highest BCUT2D eigenvalue weighted by atomic mass is 35.5. The molecule has 15 rings (SSSR count). The minimum Gasteiger partial charge on any atom is -0.508 e. The summed E-state index contributed by atoms with van der Waals surface area (Å²) < 4.78 is 60.1. The minimum atomic E-state index is -2.43. The van der Waals surface area contributed by atoms with E-state index in [2.05, 4.69) is 58.3 Å². The fourth-order valence-corrected chi connectivity index (χ4v) is 16.5. The van der Waals surface area contributed by atoms with Crippen LogP contribution in [0, 0.1) is 11.7 Å². The van der Waals surface area contributed by atoms with E-state index in [1.165, 1.54) is 53.9 Å². The average molecular weight is 1900 g/mol. The van der Waals surface area contributed by atoms with E-state index < -0.39 is 283 Å². The number of aromatic hydroxyl groups is 3. The SMILES string of the molecule is CNC(CC(C)C)C(=O)NC1C(=O)NC(CC(N)=O)C(=O)NC2C(=O)NC3C(=O)NC(C(=O)N[C@@H](C(=O)NOCC(=O)N4CCOCC4)c4cc(O)cc(O)c4-c4cc3ccc4O)C(O)c3ccc(c(Cl)c3)Oc3cc2cc(c3OC2OC(CO)C(O)C(O)C2OC2C[C@@](C)(NCCn3ccc(NC(=O)Cc4ccc(Cl)c(F)c4)nc3=O)C(O)C(C)O2)Oc2ccc(cc2Cl)C1O. The van der Waals surface area contributed by atoms with E-state index in [-0.39, 0.29) is 86.5 Å². The van der Waals surface area contributed by atoms with Gasteiger partial charge in [-0.05, 0) is 139 Å². The van der Waals surface area contributed by atoms with Crippen molar-refractivity contribution in [3.63, 3.8) is 0 Å². The Morgan fingerprint density at radius 3 is 2.02 bits per heavy atom. The number of hydrogen-bond acceptors (Lipinski definition) is 31. The number of aliphatic hydroxyl groups is 6. The highest BCUT2D eigenvalue weighted by molar-refractivity contribution is 6.32. The monoisotopic (exact) mass is 1900 g/mol. The first-order chi connectivity index (χ1) is 62.8. The largest absolute Gasteiger partial charge is 0.508 e. The van der Waals surface area contributed by atoms with Crippen molar-refractivity contribution >= 4 is 99.7 Å². The number of hydrogen-bond donors (Lipinski definition) is 20. The van der Waals surface area contributed by atoms with Gasteiger partial charge in [-0.2, -0.15) is 4.98 Å². The summed E-state index contributed by atoms with van der Waals surface area (Å²) in [7, 11) is 1.46. The van der Waals surface area contributed by atoms with E-state index in [9.17, 15) is 79.1 Å². The molecular formula is C86H96Cl3FN14O28. The van der Waals surface area contributed by atoms with Crippen LogP contribution >= 0.6 is 34.8 Å². The van der Waals surface area contributed by atoms with Crippen molar-refractivity contribution in [2.24, 2.45) is 11.7 Å². The number of phenolic OH excluding ortho intramolecular Hbond substituents is 3. The van der Waals surface area contributed by atoms with Crippen LogP contribution in [0.25, 0.3) is 11.1 Å². The molecule has 8 aliphatic heterocycles. The zero-order valence-electron chi connectivity index (χ0n) is 71.0. The number of nitrogens with zero attached hydrogens (tertiary/aromatic N) is 3. The number of phenols is 3. The number of benzene rings is 6. The van der Waals surface area contributed by atoms with E-state index in [0.29, 0.717) is 5.56 Å². The van der Waals surface area contributed by atoms with Crippen molar-refractivity contribution in [3.8, 4) is 57.1 Å². The number of hydroxylamine groups is 1. The number of aromatic nitrogens is 2. The molecule has 7 aromatic rings. The van der Waals surface area contributed by atoms with Crippen LogP contribution in [0.1, 0.15) is 111 Å². The summed E-state index contributed by atoms with van der Waals surface area (Å²) in [5.41, 5.74) is 2.93. The van der Waals surface area contributed by atoms with Crippen LogP contribution in [0.2, 0.25) is 15.1 Å². The lowest BCUT2D eigenvalue weighted by atomic mass is 9.85. The third-order valence-electron chi connectivity index (χ3n) is 22.9. The van der Waals surface area contributed by atoms with E-state index in [1.807, 2.05) is 0 Å². The van der Waals surface area contributed by atoms with Gasteiger partial charge in [0.25, 0.3) is 11.8 Å². The second kappa shape index (κ2) is 41.8. The lowest BCUT2D eigenvalue weighted by Crippen LogP contribution is -2.65. The third kappa shape index (κ3) is 22.3. The van der Waals surface area contributed by atoms with Crippen molar-refractivity contribution in [1.29, 1.82) is 0 Å². The maximum Gasteiger partial charge on any atom is 0.349 e. The van der Waals surface area contributed by atoms with E-state index in [0.717, 1.165) is 78.9 Å². The molecule has 0 saturated carbocycles. The van der Waals surface area contributed by atoms with Gasteiger partial charge >= 0.3 is 5.69 Å².